The van der Waals surface area contributed by atoms with Crippen molar-refractivity contribution in [2.45, 2.75) is 13.8 Å². The zero-order valence-corrected chi connectivity index (χ0v) is 17.7. The third kappa shape index (κ3) is 3.86. The van der Waals surface area contributed by atoms with Gasteiger partial charge >= 0.3 is 5.97 Å². The molecular formula is C21H21Cl2N3O2. The van der Waals surface area contributed by atoms with Crippen LogP contribution in [0.1, 0.15) is 23.0 Å². The van der Waals surface area contributed by atoms with Crippen LogP contribution >= 0.6 is 23.2 Å². The molecule has 0 saturated heterocycles. The first kappa shape index (κ1) is 20.2. The molecule has 28 heavy (non-hydrogen) atoms. The topological polar surface area (TPSA) is 47.4 Å². The lowest BCUT2D eigenvalue weighted by molar-refractivity contribution is 0.0518. The molecule has 0 bridgehead atoms. The molecule has 0 fully saturated rings. The van der Waals surface area contributed by atoms with Crippen LogP contribution in [-0.2, 0) is 4.74 Å². The Morgan fingerprint density at radius 1 is 1.14 bits per heavy atom. The molecule has 0 unspecified atom stereocenters. The summed E-state index contributed by atoms with van der Waals surface area (Å²) in [7, 11) is 3.97. The Bertz CT molecular complexity index is 1010. The Morgan fingerprint density at radius 2 is 1.82 bits per heavy atom. The lowest BCUT2D eigenvalue weighted by Gasteiger charge is -2.14. The zero-order chi connectivity index (χ0) is 20.4. The van der Waals surface area contributed by atoms with Crippen LogP contribution in [0.3, 0.4) is 0 Å². The van der Waals surface area contributed by atoms with Crippen molar-refractivity contribution < 1.29 is 9.53 Å². The van der Waals surface area contributed by atoms with Gasteiger partial charge in [0, 0.05) is 35.9 Å². The quantitative estimate of drug-likeness (QED) is 0.521. The fraction of sp³-hybridized carbons (Fsp3) is 0.238. The van der Waals surface area contributed by atoms with E-state index in [2.05, 4.69) is 5.10 Å². The maximum Gasteiger partial charge on any atom is 0.359 e. The Labute approximate surface area is 174 Å². The summed E-state index contributed by atoms with van der Waals surface area (Å²) in [6, 6.07) is 13.2. The lowest BCUT2D eigenvalue weighted by atomic mass is 10.1. The van der Waals surface area contributed by atoms with E-state index >= 15 is 0 Å². The monoisotopic (exact) mass is 417 g/mol. The molecule has 146 valence electrons. The summed E-state index contributed by atoms with van der Waals surface area (Å²) in [5, 5.41) is 5.50. The Balaban J connectivity index is 2.22. The van der Waals surface area contributed by atoms with Crippen LogP contribution in [0.5, 0.6) is 0 Å². The van der Waals surface area contributed by atoms with Gasteiger partial charge in [0.15, 0.2) is 5.69 Å². The molecule has 3 rings (SSSR count). The number of anilines is 1. The highest BCUT2D eigenvalue weighted by molar-refractivity contribution is 6.35. The van der Waals surface area contributed by atoms with E-state index in [-0.39, 0.29) is 12.3 Å². The van der Waals surface area contributed by atoms with Crippen molar-refractivity contribution in [2.75, 3.05) is 25.6 Å². The molecule has 0 atom stereocenters. The molecule has 0 aliphatic rings. The van der Waals surface area contributed by atoms with E-state index in [1.807, 2.05) is 50.2 Å². The first-order valence-corrected chi connectivity index (χ1v) is 9.59. The maximum atomic E-state index is 12.4. The molecule has 0 saturated carbocycles. The highest BCUT2D eigenvalue weighted by Gasteiger charge is 2.24. The van der Waals surface area contributed by atoms with E-state index < -0.39 is 5.97 Å². The summed E-state index contributed by atoms with van der Waals surface area (Å²) in [6.07, 6.45) is 0. The smallest absolute Gasteiger partial charge is 0.359 e. The van der Waals surface area contributed by atoms with E-state index in [0.29, 0.717) is 15.7 Å². The highest BCUT2D eigenvalue weighted by Crippen LogP contribution is 2.33. The van der Waals surface area contributed by atoms with E-state index in [9.17, 15) is 4.79 Å². The summed E-state index contributed by atoms with van der Waals surface area (Å²) in [5.41, 5.74) is 4.38. The number of nitrogens with zero attached hydrogens (tertiary/aromatic N) is 3. The second-order valence-corrected chi connectivity index (χ2v) is 7.34. The molecule has 0 N–H and O–H groups in total. The van der Waals surface area contributed by atoms with Crippen molar-refractivity contribution in [3.05, 3.63) is 63.8 Å². The van der Waals surface area contributed by atoms with Crippen LogP contribution in [0.25, 0.3) is 16.9 Å². The molecule has 0 spiro atoms. The van der Waals surface area contributed by atoms with Gasteiger partial charge < -0.3 is 9.64 Å². The molecule has 0 amide bonds. The van der Waals surface area contributed by atoms with Gasteiger partial charge in [-0.15, -0.1) is 0 Å². The third-order valence-electron chi connectivity index (χ3n) is 4.39. The van der Waals surface area contributed by atoms with Crippen molar-refractivity contribution in [3.63, 3.8) is 0 Å². The van der Waals surface area contributed by atoms with E-state index in [1.54, 1.807) is 29.8 Å². The molecule has 0 radical (unpaired) electrons. The fourth-order valence-electron chi connectivity index (χ4n) is 2.97. The van der Waals surface area contributed by atoms with Gasteiger partial charge in [0.05, 0.1) is 23.0 Å². The number of benzene rings is 2. The number of carbonyl (C=O) groups is 1. The van der Waals surface area contributed by atoms with E-state index in [0.717, 1.165) is 22.5 Å². The third-order valence-corrected chi connectivity index (χ3v) is 4.92. The summed E-state index contributed by atoms with van der Waals surface area (Å²) in [6.45, 7) is 3.90. The maximum absolute atomic E-state index is 12.4. The molecular weight excluding hydrogens is 397 g/mol. The number of esters is 1. The van der Waals surface area contributed by atoms with E-state index in [1.165, 1.54) is 0 Å². The number of ether oxygens (including phenoxy) is 1. The van der Waals surface area contributed by atoms with Crippen LogP contribution in [0.4, 0.5) is 5.69 Å². The van der Waals surface area contributed by atoms with Crippen LogP contribution in [0.15, 0.2) is 42.5 Å². The van der Waals surface area contributed by atoms with Gasteiger partial charge in [-0.05, 0) is 44.2 Å². The van der Waals surface area contributed by atoms with Gasteiger partial charge in [0.2, 0.25) is 0 Å². The Hall–Kier alpha value is -2.50. The van der Waals surface area contributed by atoms with E-state index in [4.69, 9.17) is 27.9 Å². The van der Waals surface area contributed by atoms with Gasteiger partial charge in [0.25, 0.3) is 0 Å². The van der Waals surface area contributed by atoms with Crippen LogP contribution in [-0.4, -0.2) is 36.5 Å². The number of aromatic nitrogens is 2. The van der Waals surface area contributed by atoms with Crippen molar-refractivity contribution in [1.29, 1.82) is 0 Å². The standard InChI is InChI=1S/C21H21Cl2N3O2/c1-5-28-21(27)19-13(2)20(14-6-9-16(10-7-14)25(3)4)26(24-19)18-11-8-15(22)12-17(18)23/h6-12H,5H2,1-4H3. The highest BCUT2D eigenvalue weighted by atomic mass is 35.5. The normalized spacial score (nSPS) is 10.8. The number of hydrogen-bond donors (Lipinski definition) is 0. The molecule has 2 aromatic carbocycles. The predicted molar refractivity (Wildman–Crippen MR) is 114 cm³/mol. The molecule has 3 aromatic rings. The molecule has 0 aliphatic heterocycles. The minimum absolute atomic E-state index is 0.263. The largest absolute Gasteiger partial charge is 0.461 e. The predicted octanol–water partition coefficient (Wildman–Crippen LogP) is 5.40. The molecule has 0 aliphatic carbocycles. The molecule has 1 aromatic heterocycles. The number of rotatable bonds is 5. The Morgan fingerprint density at radius 3 is 2.39 bits per heavy atom. The van der Waals surface area contributed by atoms with Crippen molar-refractivity contribution in [3.8, 4) is 16.9 Å². The van der Waals surface area contributed by atoms with Gasteiger partial charge in [-0.1, -0.05) is 35.3 Å². The lowest BCUT2D eigenvalue weighted by Crippen LogP contribution is -2.08. The van der Waals surface area contributed by atoms with Crippen molar-refractivity contribution in [1.82, 2.24) is 9.78 Å². The van der Waals surface area contributed by atoms with Gasteiger partial charge in [-0.3, -0.25) is 0 Å². The molecule has 1 heterocycles. The van der Waals surface area contributed by atoms with Gasteiger partial charge in [-0.2, -0.15) is 5.10 Å². The summed E-state index contributed by atoms with van der Waals surface area (Å²) < 4.78 is 6.84. The second-order valence-electron chi connectivity index (χ2n) is 6.49. The van der Waals surface area contributed by atoms with Crippen molar-refractivity contribution in [2.24, 2.45) is 0 Å². The minimum atomic E-state index is -0.463. The minimum Gasteiger partial charge on any atom is -0.461 e. The average molecular weight is 418 g/mol. The second kappa shape index (κ2) is 8.25. The average Bonchev–Trinajstić information content (AvgIpc) is 2.99. The van der Waals surface area contributed by atoms with Crippen LogP contribution in [0, 0.1) is 6.92 Å². The summed E-state index contributed by atoms with van der Waals surface area (Å²) in [5.74, 6) is -0.463. The van der Waals surface area contributed by atoms with Gasteiger partial charge in [-0.25, -0.2) is 9.48 Å². The summed E-state index contributed by atoms with van der Waals surface area (Å²) >= 11 is 12.5. The van der Waals surface area contributed by atoms with Crippen LogP contribution < -0.4 is 4.90 Å². The van der Waals surface area contributed by atoms with Crippen molar-refractivity contribution >= 4 is 34.9 Å². The molecule has 7 heteroatoms. The Kier molecular flexibility index (Phi) is 5.96. The van der Waals surface area contributed by atoms with Gasteiger partial charge in [0.1, 0.15) is 0 Å². The first-order valence-electron chi connectivity index (χ1n) is 8.83. The number of hydrogen-bond acceptors (Lipinski definition) is 4. The zero-order valence-electron chi connectivity index (χ0n) is 16.2. The fourth-order valence-corrected chi connectivity index (χ4v) is 3.46. The summed E-state index contributed by atoms with van der Waals surface area (Å²) in [4.78, 5) is 14.4. The number of halogens is 2. The molecule has 5 nitrogen and oxygen atoms in total. The van der Waals surface area contributed by atoms with Crippen LogP contribution in [0.2, 0.25) is 10.0 Å². The number of carbonyl (C=O) groups excluding carboxylic acids is 1. The first-order chi connectivity index (χ1) is 13.3. The SMILES string of the molecule is CCOC(=O)c1nn(-c2ccc(Cl)cc2Cl)c(-c2ccc(N(C)C)cc2)c1C.